The van der Waals surface area contributed by atoms with Gasteiger partial charge in [-0.3, -0.25) is 14.5 Å². The van der Waals surface area contributed by atoms with Crippen LogP contribution in [0.1, 0.15) is 13.8 Å². The summed E-state index contributed by atoms with van der Waals surface area (Å²) < 4.78 is 53.8. The van der Waals surface area contributed by atoms with Gasteiger partial charge in [0.15, 0.2) is 0 Å². The van der Waals surface area contributed by atoms with Gasteiger partial charge < -0.3 is 10.2 Å². The van der Waals surface area contributed by atoms with E-state index in [-0.39, 0.29) is 12.5 Å². The van der Waals surface area contributed by atoms with E-state index in [2.05, 4.69) is 25.0 Å². The van der Waals surface area contributed by atoms with Gasteiger partial charge in [-0.05, 0) is 26.0 Å². The van der Waals surface area contributed by atoms with E-state index >= 15 is 0 Å². The molecule has 3 heterocycles. The van der Waals surface area contributed by atoms with E-state index in [1.165, 1.54) is 30.3 Å². The number of hydrogen-bond acceptors (Lipinski definition) is 6. The molecule has 7 nitrogen and oxygen atoms in total. The van der Waals surface area contributed by atoms with Gasteiger partial charge in [-0.15, -0.1) is 13.2 Å². The van der Waals surface area contributed by atoms with Crippen molar-refractivity contribution < 1.29 is 27.1 Å². The normalized spacial score (nSPS) is 20.4. The second-order valence-corrected chi connectivity index (χ2v) is 6.35. The monoisotopic (exact) mass is 399 g/mol. The van der Waals surface area contributed by atoms with Crippen molar-refractivity contribution in [2.45, 2.75) is 38.4 Å². The summed E-state index contributed by atoms with van der Waals surface area (Å²) in [6, 6.07) is 2.81. The fourth-order valence-electron chi connectivity index (χ4n) is 2.81. The quantitative estimate of drug-likeness (QED) is 0.779. The Morgan fingerprint density at radius 1 is 1.29 bits per heavy atom. The molecule has 0 aliphatic carbocycles. The number of aromatic nitrogens is 3. The summed E-state index contributed by atoms with van der Waals surface area (Å²) in [5, 5.41) is 2.89. The minimum absolute atomic E-state index is 0.139. The number of pyridine rings is 1. The van der Waals surface area contributed by atoms with Crippen molar-refractivity contribution in [3.63, 3.8) is 0 Å². The Labute approximate surface area is 157 Å². The van der Waals surface area contributed by atoms with Gasteiger partial charge in [0, 0.05) is 12.6 Å². The fourth-order valence-corrected chi connectivity index (χ4v) is 2.81. The van der Waals surface area contributed by atoms with Crippen molar-refractivity contribution in [1.29, 1.82) is 0 Å². The van der Waals surface area contributed by atoms with Gasteiger partial charge in [0.25, 0.3) is 0 Å². The molecule has 0 aromatic carbocycles. The molecule has 0 saturated carbocycles. The lowest BCUT2D eigenvalue weighted by Gasteiger charge is -2.46. The van der Waals surface area contributed by atoms with Gasteiger partial charge in [0.05, 0.1) is 23.6 Å². The molecule has 0 bridgehead atoms. The van der Waals surface area contributed by atoms with Crippen LogP contribution in [0, 0.1) is 5.82 Å². The number of ether oxygens (including phenoxy) is 1. The van der Waals surface area contributed by atoms with Crippen LogP contribution >= 0.6 is 0 Å². The molecule has 1 N–H and O–H groups in total. The number of amides is 1. The number of likely N-dealkylation sites (tertiary alicyclic amines) is 1. The molecule has 11 heteroatoms. The minimum Gasteiger partial charge on any atom is -0.359 e. The second-order valence-electron chi connectivity index (χ2n) is 6.35. The Bertz CT molecular complexity index is 846. The van der Waals surface area contributed by atoms with Gasteiger partial charge in [0.1, 0.15) is 30.1 Å². The lowest BCUT2D eigenvalue weighted by molar-refractivity contribution is -0.359. The number of nitrogens with one attached hydrogen (secondary N) is 1. The highest BCUT2D eigenvalue weighted by Gasteiger charge is 2.46. The van der Waals surface area contributed by atoms with Crippen LogP contribution < -0.4 is 5.32 Å². The zero-order valence-electron chi connectivity index (χ0n) is 14.9. The van der Waals surface area contributed by atoms with Crippen molar-refractivity contribution in [1.82, 2.24) is 19.9 Å². The lowest BCUT2D eigenvalue weighted by Crippen LogP contribution is -2.64. The van der Waals surface area contributed by atoms with E-state index < -0.39 is 30.4 Å². The molecule has 1 aliphatic heterocycles. The van der Waals surface area contributed by atoms with Crippen molar-refractivity contribution in [2.24, 2.45) is 0 Å². The number of rotatable bonds is 5. The average molecular weight is 399 g/mol. The summed E-state index contributed by atoms with van der Waals surface area (Å²) in [4.78, 5) is 25.8. The summed E-state index contributed by atoms with van der Waals surface area (Å²) in [6.45, 7) is 2.93. The maximum absolute atomic E-state index is 13.0. The highest BCUT2D eigenvalue weighted by atomic mass is 19.4. The van der Waals surface area contributed by atoms with Crippen LogP contribution in [0.3, 0.4) is 0 Å². The molecule has 1 amide bonds. The predicted octanol–water partition coefficient (Wildman–Crippen LogP) is 2.61. The van der Waals surface area contributed by atoms with Gasteiger partial charge in [-0.1, -0.05) is 0 Å². The fraction of sp³-hybridized carbons (Fsp3) is 0.412. The summed E-state index contributed by atoms with van der Waals surface area (Å²) in [7, 11) is 0. The zero-order chi connectivity index (χ0) is 20.5. The third kappa shape index (κ3) is 4.53. The molecule has 1 saturated heterocycles. The third-order valence-electron chi connectivity index (χ3n) is 4.37. The second kappa shape index (κ2) is 7.66. The first-order valence-corrected chi connectivity index (χ1v) is 8.39. The van der Waals surface area contributed by atoms with E-state index in [0.717, 1.165) is 6.20 Å². The Hall–Kier alpha value is -2.82. The Kier molecular flexibility index (Phi) is 5.45. The van der Waals surface area contributed by atoms with Crippen molar-refractivity contribution >= 4 is 11.7 Å². The van der Waals surface area contributed by atoms with E-state index in [1.807, 2.05) is 0 Å². The molecule has 2 aromatic rings. The lowest BCUT2D eigenvalue weighted by atomic mass is 10.00. The van der Waals surface area contributed by atoms with Gasteiger partial charge in [-0.25, -0.2) is 14.4 Å². The van der Waals surface area contributed by atoms with Gasteiger partial charge >= 0.3 is 6.36 Å². The number of hydrogen-bond donors (Lipinski definition) is 1. The first-order chi connectivity index (χ1) is 13.1. The number of anilines is 1. The highest BCUT2D eigenvalue weighted by Crippen LogP contribution is 2.29. The number of carbonyl (C=O) groups excluding carboxylic acids is 1. The van der Waals surface area contributed by atoms with Gasteiger partial charge in [-0.2, -0.15) is 0 Å². The molecule has 150 valence electrons. The Morgan fingerprint density at radius 3 is 2.64 bits per heavy atom. The standard InChI is InChI=1S/C17H17F4N5O2/c1-9(16(27)26-7-14(10(26)2)28-17(19,20)21)25-15-5-13(23-8-24-15)12-4-3-11(18)6-22-12/h3-6,8-10,14H,7H2,1-2H3,(H,23,24,25)/t9-,10+,14+/m1/s1. The van der Waals surface area contributed by atoms with Crippen LogP contribution in [-0.2, 0) is 9.53 Å². The largest absolute Gasteiger partial charge is 0.522 e. The zero-order valence-corrected chi connectivity index (χ0v) is 14.9. The first kappa shape index (κ1) is 19.9. The number of alkyl halides is 3. The van der Waals surface area contributed by atoms with Crippen LogP contribution in [0.4, 0.5) is 23.4 Å². The minimum atomic E-state index is -4.73. The molecule has 0 unspecified atom stereocenters. The SMILES string of the molecule is C[C@@H](Nc1cc(-c2ccc(F)cn2)ncn1)C(=O)N1C[C@H](OC(F)(F)F)[C@@H]1C. The van der Waals surface area contributed by atoms with Crippen molar-refractivity contribution in [3.05, 3.63) is 36.5 Å². The number of halogens is 4. The Morgan fingerprint density at radius 2 is 2.04 bits per heavy atom. The summed E-state index contributed by atoms with van der Waals surface area (Å²) in [5.74, 6) is -0.533. The van der Waals surface area contributed by atoms with Crippen molar-refractivity contribution in [2.75, 3.05) is 11.9 Å². The van der Waals surface area contributed by atoms with Crippen LogP contribution in [0.25, 0.3) is 11.4 Å². The molecule has 0 spiro atoms. The molecule has 1 fully saturated rings. The van der Waals surface area contributed by atoms with Crippen molar-refractivity contribution in [3.8, 4) is 11.4 Å². The predicted molar refractivity (Wildman–Crippen MR) is 90.4 cm³/mol. The van der Waals surface area contributed by atoms with Crippen LogP contribution in [0.2, 0.25) is 0 Å². The molecule has 3 atom stereocenters. The Balaban J connectivity index is 1.62. The molecule has 3 rings (SSSR count). The van der Waals surface area contributed by atoms with E-state index in [0.29, 0.717) is 17.2 Å². The topological polar surface area (TPSA) is 80.2 Å². The third-order valence-corrected chi connectivity index (χ3v) is 4.37. The smallest absolute Gasteiger partial charge is 0.359 e. The molecule has 28 heavy (non-hydrogen) atoms. The van der Waals surface area contributed by atoms with Crippen LogP contribution in [0.15, 0.2) is 30.7 Å². The highest BCUT2D eigenvalue weighted by molar-refractivity contribution is 5.85. The summed E-state index contributed by atoms with van der Waals surface area (Å²) in [5.41, 5.74) is 0.849. The average Bonchev–Trinajstić information content (AvgIpc) is 2.64. The molecule has 2 aromatic heterocycles. The summed E-state index contributed by atoms with van der Waals surface area (Å²) in [6.07, 6.45) is -3.49. The molecular weight excluding hydrogens is 382 g/mol. The van der Waals surface area contributed by atoms with Gasteiger partial charge in [0.2, 0.25) is 5.91 Å². The summed E-state index contributed by atoms with van der Waals surface area (Å²) >= 11 is 0. The van der Waals surface area contributed by atoms with E-state index in [4.69, 9.17) is 0 Å². The molecular formula is C17H17F4N5O2. The van der Waals surface area contributed by atoms with Crippen LogP contribution in [-0.4, -0.2) is 56.9 Å². The first-order valence-electron chi connectivity index (χ1n) is 8.39. The maximum atomic E-state index is 13.0. The molecule has 0 radical (unpaired) electrons. The van der Waals surface area contributed by atoms with Crippen LogP contribution in [0.5, 0.6) is 0 Å². The van der Waals surface area contributed by atoms with E-state index in [9.17, 15) is 22.4 Å². The maximum Gasteiger partial charge on any atom is 0.522 e. The number of carbonyl (C=O) groups is 1. The number of nitrogens with zero attached hydrogens (tertiary/aromatic N) is 4. The van der Waals surface area contributed by atoms with E-state index in [1.54, 1.807) is 13.0 Å². The molecule has 1 aliphatic rings.